The molecule has 1 aliphatic heterocycles. The average Bonchev–Trinajstić information content (AvgIpc) is 2.74. The minimum atomic E-state index is -0.200. The fourth-order valence-corrected chi connectivity index (χ4v) is 3.51. The lowest BCUT2D eigenvalue weighted by Gasteiger charge is -2.28. The summed E-state index contributed by atoms with van der Waals surface area (Å²) in [5.74, 6) is 0. The first-order valence-corrected chi connectivity index (χ1v) is 9.40. The molecule has 6 heteroatoms. The molecule has 140 valence electrons. The minimum Gasteiger partial charge on any atom is -0.378 e. The van der Waals surface area contributed by atoms with Gasteiger partial charge >= 0.3 is 0 Å². The second-order valence-corrected chi connectivity index (χ2v) is 6.79. The van der Waals surface area contributed by atoms with Gasteiger partial charge in [-0.25, -0.2) is 0 Å². The lowest BCUT2D eigenvalue weighted by molar-refractivity contribution is 0.122. The van der Waals surface area contributed by atoms with Crippen LogP contribution >= 0.6 is 0 Å². The van der Waals surface area contributed by atoms with Crippen LogP contribution < -0.4 is 16.4 Å². The van der Waals surface area contributed by atoms with Crippen molar-refractivity contribution in [2.45, 2.75) is 12.5 Å². The Kier molecular flexibility index (Phi) is 5.29. The van der Waals surface area contributed by atoms with Crippen molar-refractivity contribution in [1.29, 1.82) is 0 Å². The maximum absolute atomic E-state index is 6.35. The summed E-state index contributed by atoms with van der Waals surface area (Å²) in [5, 5.41) is 0.993. The van der Waals surface area contributed by atoms with Gasteiger partial charge in [0.2, 0.25) is 0 Å². The van der Waals surface area contributed by atoms with Gasteiger partial charge in [-0.3, -0.25) is 9.97 Å². The van der Waals surface area contributed by atoms with Crippen LogP contribution in [0.1, 0.15) is 18.2 Å². The summed E-state index contributed by atoms with van der Waals surface area (Å²) in [7, 11) is 0. The number of pyridine rings is 2. The number of aromatic nitrogens is 2. The van der Waals surface area contributed by atoms with Crippen LogP contribution in [0.25, 0.3) is 22.2 Å². The Morgan fingerprint density at radius 2 is 1.89 bits per heavy atom. The molecule has 1 atom stereocenters. The van der Waals surface area contributed by atoms with Crippen LogP contribution in [0, 0.1) is 0 Å². The van der Waals surface area contributed by atoms with Gasteiger partial charge in [-0.1, -0.05) is 12.1 Å². The molecule has 27 heavy (non-hydrogen) atoms. The molecule has 3 aromatic rings. The topological polar surface area (TPSA) is 90.3 Å². The molecule has 2 aromatic heterocycles. The van der Waals surface area contributed by atoms with E-state index >= 15 is 0 Å². The number of nitrogens with two attached hydrogens (primary N) is 2. The molecule has 6 nitrogen and oxygen atoms in total. The second-order valence-electron chi connectivity index (χ2n) is 6.79. The van der Waals surface area contributed by atoms with Crippen molar-refractivity contribution >= 4 is 16.6 Å². The molecule has 3 heterocycles. The van der Waals surface area contributed by atoms with Gasteiger partial charge in [-0.05, 0) is 43.3 Å². The molecule has 0 bridgehead atoms. The first kappa shape index (κ1) is 17.9. The summed E-state index contributed by atoms with van der Waals surface area (Å²) in [4.78, 5) is 11.7. The van der Waals surface area contributed by atoms with E-state index in [0.717, 1.165) is 54.2 Å². The molecule has 0 saturated carbocycles. The summed E-state index contributed by atoms with van der Waals surface area (Å²) < 4.78 is 5.43. The number of rotatable bonds is 5. The molecule has 0 radical (unpaired) electrons. The van der Waals surface area contributed by atoms with Gasteiger partial charge in [0, 0.05) is 42.0 Å². The van der Waals surface area contributed by atoms with Gasteiger partial charge in [-0.15, -0.1) is 0 Å². The maximum Gasteiger partial charge on any atom is 0.0742 e. The first-order chi connectivity index (χ1) is 13.3. The van der Waals surface area contributed by atoms with E-state index in [2.05, 4.69) is 34.1 Å². The third-order valence-electron chi connectivity index (χ3n) is 5.00. The predicted molar refractivity (Wildman–Crippen MR) is 109 cm³/mol. The number of nitrogens with zero attached hydrogens (tertiary/aromatic N) is 3. The zero-order valence-electron chi connectivity index (χ0n) is 15.3. The van der Waals surface area contributed by atoms with E-state index in [4.69, 9.17) is 21.2 Å². The second kappa shape index (κ2) is 8.00. The Morgan fingerprint density at radius 3 is 2.63 bits per heavy atom. The molecule has 0 spiro atoms. The van der Waals surface area contributed by atoms with Crippen molar-refractivity contribution in [3.05, 3.63) is 54.4 Å². The van der Waals surface area contributed by atoms with E-state index in [1.807, 2.05) is 18.2 Å². The fraction of sp³-hybridized carbons (Fsp3) is 0.333. The standard InChI is InChI=1S/C21H25N5O/c22-8-7-18(23)21-17-2-1-9-24-20(17)14-19(25-21)15-3-5-16(6-4-15)26-10-12-27-13-11-26/h1-6,9,14,18H,7-8,10-13,22-23H2. The monoisotopic (exact) mass is 363 g/mol. The summed E-state index contributed by atoms with van der Waals surface area (Å²) in [6, 6.07) is 14.3. The Hall–Kier alpha value is -2.54. The van der Waals surface area contributed by atoms with Crippen molar-refractivity contribution in [3.8, 4) is 11.3 Å². The largest absolute Gasteiger partial charge is 0.378 e. The number of hydrogen-bond donors (Lipinski definition) is 2. The fourth-order valence-electron chi connectivity index (χ4n) is 3.51. The lowest BCUT2D eigenvalue weighted by Crippen LogP contribution is -2.36. The van der Waals surface area contributed by atoms with Crippen molar-refractivity contribution in [3.63, 3.8) is 0 Å². The van der Waals surface area contributed by atoms with E-state index in [-0.39, 0.29) is 6.04 Å². The Labute approximate surface area is 159 Å². The van der Waals surface area contributed by atoms with Crippen LogP contribution in [0.3, 0.4) is 0 Å². The average molecular weight is 363 g/mol. The van der Waals surface area contributed by atoms with Gasteiger partial charge in [0.25, 0.3) is 0 Å². The zero-order chi connectivity index (χ0) is 18.6. The smallest absolute Gasteiger partial charge is 0.0742 e. The van der Waals surface area contributed by atoms with E-state index in [1.165, 1.54) is 5.69 Å². The van der Waals surface area contributed by atoms with E-state index < -0.39 is 0 Å². The lowest BCUT2D eigenvalue weighted by atomic mass is 10.0. The molecular weight excluding hydrogens is 338 g/mol. The highest BCUT2D eigenvalue weighted by molar-refractivity contribution is 5.85. The SMILES string of the molecule is NCCC(N)c1nc(-c2ccc(N3CCOCC3)cc2)cc2ncccc12. The van der Waals surface area contributed by atoms with Gasteiger partial charge < -0.3 is 21.1 Å². The number of anilines is 1. The summed E-state index contributed by atoms with van der Waals surface area (Å²) in [5.41, 5.74) is 17.0. The zero-order valence-corrected chi connectivity index (χ0v) is 15.3. The van der Waals surface area contributed by atoms with E-state index in [0.29, 0.717) is 13.0 Å². The summed E-state index contributed by atoms with van der Waals surface area (Å²) >= 11 is 0. The normalized spacial score (nSPS) is 15.9. The molecule has 4 N–H and O–H groups in total. The molecule has 1 saturated heterocycles. The van der Waals surface area contributed by atoms with Crippen LogP contribution in [0.5, 0.6) is 0 Å². The minimum absolute atomic E-state index is 0.200. The van der Waals surface area contributed by atoms with Gasteiger partial charge in [0.05, 0.1) is 30.1 Å². The summed E-state index contributed by atoms with van der Waals surface area (Å²) in [6.07, 6.45) is 2.49. The van der Waals surface area contributed by atoms with Crippen LogP contribution in [0.2, 0.25) is 0 Å². The number of benzene rings is 1. The van der Waals surface area contributed by atoms with Crippen molar-refractivity contribution in [2.24, 2.45) is 11.5 Å². The van der Waals surface area contributed by atoms with Crippen LogP contribution in [-0.4, -0.2) is 42.8 Å². The molecular formula is C21H25N5O. The third-order valence-corrected chi connectivity index (χ3v) is 5.00. The maximum atomic E-state index is 6.35. The number of morpholine rings is 1. The van der Waals surface area contributed by atoms with E-state index in [1.54, 1.807) is 6.20 Å². The van der Waals surface area contributed by atoms with Crippen LogP contribution in [0.15, 0.2) is 48.7 Å². The van der Waals surface area contributed by atoms with Crippen LogP contribution in [0.4, 0.5) is 5.69 Å². The number of hydrogen-bond acceptors (Lipinski definition) is 6. The van der Waals surface area contributed by atoms with Crippen molar-refractivity contribution < 1.29 is 4.74 Å². The molecule has 1 aromatic carbocycles. The van der Waals surface area contributed by atoms with Crippen LogP contribution in [-0.2, 0) is 4.74 Å². The number of fused-ring (bicyclic) bond motifs is 1. The highest BCUT2D eigenvalue weighted by Crippen LogP contribution is 2.28. The highest BCUT2D eigenvalue weighted by atomic mass is 16.5. The Balaban J connectivity index is 1.70. The van der Waals surface area contributed by atoms with Gasteiger partial charge in [-0.2, -0.15) is 0 Å². The van der Waals surface area contributed by atoms with Gasteiger partial charge in [0.15, 0.2) is 0 Å². The molecule has 4 rings (SSSR count). The Bertz CT molecular complexity index is 906. The van der Waals surface area contributed by atoms with Crippen molar-refractivity contribution in [2.75, 3.05) is 37.7 Å². The highest BCUT2D eigenvalue weighted by Gasteiger charge is 2.15. The summed E-state index contributed by atoms with van der Waals surface area (Å²) in [6.45, 7) is 3.94. The quantitative estimate of drug-likeness (QED) is 0.724. The molecule has 1 unspecified atom stereocenters. The molecule has 0 aliphatic carbocycles. The molecule has 1 aliphatic rings. The first-order valence-electron chi connectivity index (χ1n) is 9.40. The predicted octanol–water partition coefficient (Wildman–Crippen LogP) is 2.48. The van der Waals surface area contributed by atoms with Crippen molar-refractivity contribution in [1.82, 2.24) is 9.97 Å². The number of ether oxygens (including phenoxy) is 1. The Morgan fingerprint density at radius 1 is 1.11 bits per heavy atom. The molecule has 0 amide bonds. The van der Waals surface area contributed by atoms with E-state index in [9.17, 15) is 0 Å². The third kappa shape index (κ3) is 3.78. The molecule has 1 fully saturated rings. The van der Waals surface area contributed by atoms with Gasteiger partial charge in [0.1, 0.15) is 0 Å².